The lowest BCUT2D eigenvalue weighted by Gasteiger charge is -2.19. The third-order valence-corrected chi connectivity index (χ3v) is 3.74. The van der Waals surface area contributed by atoms with Crippen LogP contribution in [-0.4, -0.2) is 5.11 Å². The highest BCUT2D eigenvalue weighted by Crippen LogP contribution is 2.47. The fourth-order valence-corrected chi connectivity index (χ4v) is 2.81. The van der Waals surface area contributed by atoms with E-state index in [1.165, 1.54) is 0 Å². The number of hydrogen-bond donors (Lipinski definition) is 1. The van der Waals surface area contributed by atoms with E-state index in [0.717, 1.165) is 26.7 Å². The van der Waals surface area contributed by atoms with Crippen LogP contribution in [0.25, 0.3) is 11.1 Å². The Bertz CT molecular complexity index is 573. The maximum Gasteiger partial charge on any atom is 0.113 e. The SMILES string of the molecule is CC1(O)c2ccccc2-c2cc(Br)ccc21. The first-order valence-corrected chi connectivity index (χ1v) is 6.02. The van der Waals surface area contributed by atoms with Crippen molar-refractivity contribution in [3.63, 3.8) is 0 Å². The van der Waals surface area contributed by atoms with Crippen molar-refractivity contribution in [3.8, 4) is 11.1 Å². The molecule has 0 saturated heterocycles. The molecule has 1 atom stereocenters. The Kier molecular flexibility index (Phi) is 2.00. The van der Waals surface area contributed by atoms with Gasteiger partial charge in [0.25, 0.3) is 0 Å². The molecule has 0 aromatic heterocycles. The first-order valence-electron chi connectivity index (χ1n) is 5.23. The molecule has 80 valence electrons. The number of benzene rings is 2. The van der Waals surface area contributed by atoms with Gasteiger partial charge in [0.15, 0.2) is 0 Å². The zero-order valence-electron chi connectivity index (χ0n) is 8.87. The monoisotopic (exact) mass is 274 g/mol. The van der Waals surface area contributed by atoms with Crippen LogP contribution in [0.3, 0.4) is 0 Å². The van der Waals surface area contributed by atoms with Crippen molar-refractivity contribution in [1.82, 2.24) is 0 Å². The summed E-state index contributed by atoms with van der Waals surface area (Å²) in [6.45, 7) is 1.85. The van der Waals surface area contributed by atoms with Gasteiger partial charge in [0.2, 0.25) is 0 Å². The van der Waals surface area contributed by atoms with E-state index in [-0.39, 0.29) is 0 Å². The number of halogens is 1. The Balaban J connectivity index is 2.40. The largest absolute Gasteiger partial charge is 0.381 e. The van der Waals surface area contributed by atoms with Crippen LogP contribution in [0.5, 0.6) is 0 Å². The van der Waals surface area contributed by atoms with E-state index in [1.807, 2.05) is 37.3 Å². The summed E-state index contributed by atoms with van der Waals surface area (Å²) in [5, 5.41) is 10.6. The van der Waals surface area contributed by atoms with E-state index >= 15 is 0 Å². The van der Waals surface area contributed by atoms with Crippen LogP contribution >= 0.6 is 15.9 Å². The molecule has 0 aliphatic heterocycles. The molecule has 0 amide bonds. The molecule has 2 aromatic rings. The molecule has 3 rings (SSSR count). The lowest BCUT2D eigenvalue weighted by Crippen LogP contribution is -2.18. The first-order chi connectivity index (χ1) is 7.60. The van der Waals surface area contributed by atoms with Crippen LogP contribution < -0.4 is 0 Å². The van der Waals surface area contributed by atoms with Gasteiger partial charge in [-0.15, -0.1) is 0 Å². The summed E-state index contributed by atoms with van der Waals surface area (Å²) in [5.74, 6) is 0. The summed E-state index contributed by atoms with van der Waals surface area (Å²) in [5.41, 5.74) is 3.35. The van der Waals surface area contributed by atoms with E-state index in [1.54, 1.807) is 0 Å². The van der Waals surface area contributed by atoms with Crippen molar-refractivity contribution in [2.45, 2.75) is 12.5 Å². The Morgan fingerprint density at radius 2 is 1.69 bits per heavy atom. The second-order valence-corrected chi connectivity index (χ2v) is 5.22. The maximum atomic E-state index is 10.6. The highest BCUT2D eigenvalue weighted by atomic mass is 79.9. The Hall–Kier alpha value is -1.12. The predicted octanol–water partition coefficient (Wildman–Crippen LogP) is 3.69. The second-order valence-electron chi connectivity index (χ2n) is 4.31. The van der Waals surface area contributed by atoms with Crippen molar-refractivity contribution in [1.29, 1.82) is 0 Å². The Morgan fingerprint density at radius 1 is 1.00 bits per heavy atom. The van der Waals surface area contributed by atoms with E-state index in [9.17, 15) is 5.11 Å². The van der Waals surface area contributed by atoms with Gasteiger partial charge in [-0.3, -0.25) is 0 Å². The number of aliphatic hydroxyl groups is 1. The highest BCUT2D eigenvalue weighted by molar-refractivity contribution is 9.10. The molecule has 0 saturated carbocycles. The smallest absolute Gasteiger partial charge is 0.113 e. The molecule has 0 spiro atoms. The Morgan fingerprint density at radius 3 is 2.50 bits per heavy atom. The average molecular weight is 275 g/mol. The van der Waals surface area contributed by atoms with E-state index in [0.29, 0.717) is 0 Å². The summed E-state index contributed by atoms with van der Waals surface area (Å²) in [4.78, 5) is 0. The normalized spacial score (nSPS) is 21.7. The molecule has 1 aliphatic rings. The second kappa shape index (κ2) is 3.19. The molecule has 2 heteroatoms. The quantitative estimate of drug-likeness (QED) is 0.777. The minimum Gasteiger partial charge on any atom is -0.381 e. The van der Waals surface area contributed by atoms with E-state index in [2.05, 4.69) is 28.1 Å². The lowest BCUT2D eigenvalue weighted by molar-refractivity contribution is 0.107. The molecule has 16 heavy (non-hydrogen) atoms. The predicted molar refractivity (Wildman–Crippen MR) is 68.3 cm³/mol. The van der Waals surface area contributed by atoms with Crippen LogP contribution in [0.2, 0.25) is 0 Å². The number of fused-ring (bicyclic) bond motifs is 3. The fourth-order valence-electron chi connectivity index (χ4n) is 2.45. The van der Waals surface area contributed by atoms with Gasteiger partial charge in [0, 0.05) is 4.47 Å². The summed E-state index contributed by atoms with van der Waals surface area (Å²) in [6, 6.07) is 14.0. The van der Waals surface area contributed by atoms with Crippen molar-refractivity contribution in [2.75, 3.05) is 0 Å². The van der Waals surface area contributed by atoms with Gasteiger partial charge in [-0.1, -0.05) is 46.3 Å². The number of hydrogen-bond acceptors (Lipinski definition) is 1. The van der Waals surface area contributed by atoms with E-state index in [4.69, 9.17) is 0 Å². The van der Waals surface area contributed by atoms with E-state index < -0.39 is 5.60 Å². The minimum absolute atomic E-state index is 0.868. The summed E-state index contributed by atoms with van der Waals surface area (Å²) >= 11 is 3.47. The minimum atomic E-state index is -0.868. The van der Waals surface area contributed by atoms with Gasteiger partial charge < -0.3 is 5.11 Å². The first kappa shape index (κ1) is 10.1. The summed E-state index contributed by atoms with van der Waals surface area (Å²) in [7, 11) is 0. The van der Waals surface area contributed by atoms with Crippen LogP contribution in [-0.2, 0) is 5.60 Å². The molecular weight excluding hydrogens is 264 g/mol. The lowest BCUT2D eigenvalue weighted by atomic mass is 9.94. The van der Waals surface area contributed by atoms with Crippen molar-refractivity contribution in [2.24, 2.45) is 0 Å². The van der Waals surface area contributed by atoms with Crippen LogP contribution in [0.15, 0.2) is 46.9 Å². The summed E-state index contributed by atoms with van der Waals surface area (Å²) in [6.07, 6.45) is 0. The third-order valence-electron chi connectivity index (χ3n) is 3.25. The Labute approximate surface area is 103 Å². The molecular formula is C14H11BrO. The van der Waals surface area contributed by atoms with Gasteiger partial charge in [-0.25, -0.2) is 0 Å². The molecule has 1 unspecified atom stereocenters. The van der Waals surface area contributed by atoms with Gasteiger partial charge in [0.05, 0.1) is 0 Å². The zero-order valence-corrected chi connectivity index (χ0v) is 10.5. The van der Waals surface area contributed by atoms with Crippen LogP contribution in [0.1, 0.15) is 18.1 Å². The fraction of sp³-hybridized carbons (Fsp3) is 0.143. The maximum absolute atomic E-state index is 10.6. The molecule has 0 radical (unpaired) electrons. The summed E-state index contributed by atoms with van der Waals surface area (Å²) < 4.78 is 1.04. The highest BCUT2D eigenvalue weighted by Gasteiger charge is 2.36. The zero-order chi connectivity index (χ0) is 11.3. The number of rotatable bonds is 0. The van der Waals surface area contributed by atoms with Crippen molar-refractivity contribution < 1.29 is 5.11 Å². The van der Waals surface area contributed by atoms with Gasteiger partial charge >= 0.3 is 0 Å². The van der Waals surface area contributed by atoms with Crippen molar-refractivity contribution >= 4 is 15.9 Å². The van der Waals surface area contributed by atoms with Gasteiger partial charge in [-0.2, -0.15) is 0 Å². The molecule has 1 N–H and O–H groups in total. The van der Waals surface area contributed by atoms with Crippen LogP contribution in [0, 0.1) is 0 Å². The molecule has 1 aliphatic carbocycles. The third kappa shape index (κ3) is 1.20. The topological polar surface area (TPSA) is 20.2 Å². The van der Waals surface area contributed by atoms with Gasteiger partial charge in [-0.05, 0) is 41.3 Å². The van der Waals surface area contributed by atoms with Crippen molar-refractivity contribution in [3.05, 3.63) is 58.1 Å². The molecule has 0 heterocycles. The molecule has 0 bridgehead atoms. The molecule has 2 aromatic carbocycles. The van der Waals surface area contributed by atoms with Gasteiger partial charge in [0.1, 0.15) is 5.60 Å². The van der Waals surface area contributed by atoms with Crippen LogP contribution in [0.4, 0.5) is 0 Å². The average Bonchev–Trinajstić information content (AvgIpc) is 2.49. The molecule has 0 fully saturated rings. The standard InChI is InChI=1S/C14H11BrO/c1-14(16)12-5-3-2-4-10(12)11-8-9(15)6-7-13(11)14/h2-8,16H,1H3. The molecule has 1 nitrogen and oxygen atoms in total.